The van der Waals surface area contributed by atoms with Gasteiger partial charge in [-0.2, -0.15) is 0 Å². The number of anilines is 1. The van der Waals surface area contributed by atoms with Crippen LogP contribution in [-0.4, -0.2) is 25.6 Å². The fraction of sp³-hybridized carbons (Fsp3) is 0.154. The van der Waals surface area contributed by atoms with Crippen LogP contribution >= 0.6 is 11.3 Å². The molecule has 1 heterocycles. The van der Waals surface area contributed by atoms with Gasteiger partial charge in [0.05, 0.1) is 11.5 Å². The van der Waals surface area contributed by atoms with E-state index in [0.29, 0.717) is 22.9 Å². The molecule has 0 fully saturated rings. The number of benzene rings is 3. The number of carbonyl (C=O) groups is 1. The lowest BCUT2D eigenvalue weighted by atomic mass is 10.1. The number of nitrogens with two attached hydrogens (primary N) is 1. The standard InChI is InChI=1S/C26H25N3O4S/c1-31-15-17-7-5-10-19(13-17)29-26(30)32-16-22(18-8-3-2-4-9-18)33-21-11-6-12-23-20(21)14-24(34-23)25(27)28/h2-14,22H,15-16H2,1H3,(H3,27,28)(H,29,30). The Kier molecular flexibility index (Phi) is 7.41. The van der Waals surface area contributed by atoms with E-state index in [2.05, 4.69) is 5.32 Å². The van der Waals surface area contributed by atoms with E-state index in [9.17, 15) is 4.79 Å². The number of ether oxygens (including phenoxy) is 3. The van der Waals surface area contributed by atoms with Gasteiger partial charge in [0, 0.05) is 22.9 Å². The van der Waals surface area contributed by atoms with E-state index < -0.39 is 12.2 Å². The van der Waals surface area contributed by atoms with E-state index in [4.69, 9.17) is 25.4 Å². The molecule has 4 rings (SSSR count). The van der Waals surface area contributed by atoms with Crippen molar-refractivity contribution >= 4 is 39.0 Å². The molecule has 0 aliphatic carbocycles. The number of carbonyl (C=O) groups excluding carboxylic acids is 1. The Hall–Kier alpha value is -3.88. The second-order valence-corrected chi connectivity index (χ2v) is 8.65. The number of amides is 1. The first-order valence-corrected chi connectivity index (χ1v) is 11.5. The Bertz CT molecular complexity index is 1290. The molecule has 0 saturated heterocycles. The number of rotatable bonds is 9. The molecule has 174 valence electrons. The summed E-state index contributed by atoms with van der Waals surface area (Å²) in [6.45, 7) is 0.460. The molecule has 0 saturated carbocycles. The second kappa shape index (κ2) is 10.8. The molecule has 0 bridgehead atoms. The summed E-state index contributed by atoms with van der Waals surface area (Å²) in [5, 5.41) is 11.3. The van der Waals surface area contributed by atoms with E-state index in [1.165, 1.54) is 11.3 Å². The molecule has 4 aromatic rings. The Morgan fingerprint density at radius 2 is 1.85 bits per heavy atom. The largest absolute Gasteiger partial charge is 0.481 e. The molecule has 0 spiro atoms. The van der Waals surface area contributed by atoms with Crippen molar-refractivity contribution in [3.63, 3.8) is 0 Å². The number of fused-ring (bicyclic) bond motifs is 1. The van der Waals surface area contributed by atoms with Gasteiger partial charge in [-0.25, -0.2) is 4.79 Å². The summed E-state index contributed by atoms with van der Waals surface area (Å²) in [5.41, 5.74) is 8.11. The van der Waals surface area contributed by atoms with Gasteiger partial charge in [0.25, 0.3) is 0 Å². The number of amidine groups is 1. The predicted molar refractivity (Wildman–Crippen MR) is 135 cm³/mol. The van der Waals surface area contributed by atoms with Gasteiger partial charge >= 0.3 is 6.09 Å². The van der Waals surface area contributed by atoms with Crippen molar-refractivity contribution in [3.05, 3.63) is 94.9 Å². The molecule has 3 aromatic carbocycles. The Morgan fingerprint density at radius 3 is 2.62 bits per heavy atom. The summed E-state index contributed by atoms with van der Waals surface area (Å²) in [7, 11) is 1.62. The van der Waals surface area contributed by atoms with Crippen LogP contribution in [0.15, 0.2) is 78.9 Å². The zero-order valence-electron chi connectivity index (χ0n) is 18.6. The normalized spacial score (nSPS) is 11.7. The third-order valence-electron chi connectivity index (χ3n) is 5.08. The first-order chi connectivity index (χ1) is 16.5. The highest BCUT2D eigenvalue weighted by Gasteiger charge is 2.19. The Balaban J connectivity index is 1.50. The third-order valence-corrected chi connectivity index (χ3v) is 6.21. The van der Waals surface area contributed by atoms with Crippen molar-refractivity contribution in [1.29, 1.82) is 5.41 Å². The summed E-state index contributed by atoms with van der Waals surface area (Å²) < 4.78 is 18.0. The summed E-state index contributed by atoms with van der Waals surface area (Å²) in [5.74, 6) is 0.646. The minimum Gasteiger partial charge on any atom is -0.481 e. The summed E-state index contributed by atoms with van der Waals surface area (Å²) in [6, 6.07) is 24.5. The predicted octanol–water partition coefficient (Wildman–Crippen LogP) is 5.70. The molecule has 1 unspecified atom stereocenters. The number of nitrogens with one attached hydrogen (secondary N) is 2. The van der Waals surface area contributed by atoms with Crippen molar-refractivity contribution in [1.82, 2.24) is 0 Å². The monoisotopic (exact) mass is 475 g/mol. The van der Waals surface area contributed by atoms with Gasteiger partial charge in [-0.1, -0.05) is 48.5 Å². The summed E-state index contributed by atoms with van der Waals surface area (Å²) in [4.78, 5) is 13.2. The van der Waals surface area contributed by atoms with Crippen LogP contribution in [0.5, 0.6) is 5.75 Å². The van der Waals surface area contributed by atoms with Crippen molar-refractivity contribution in [2.45, 2.75) is 12.7 Å². The van der Waals surface area contributed by atoms with Gasteiger partial charge in [0.15, 0.2) is 6.10 Å². The maximum atomic E-state index is 12.5. The molecule has 1 amide bonds. The van der Waals surface area contributed by atoms with Gasteiger partial charge in [-0.15, -0.1) is 11.3 Å². The van der Waals surface area contributed by atoms with E-state index in [1.807, 2.05) is 72.8 Å². The SMILES string of the molecule is COCc1cccc(NC(=O)OCC(Oc2cccc3sc(C(=N)N)cc23)c2ccccc2)c1. The van der Waals surface area contributed by atoms with Crippen LogP contribution in [-0.2, 0) is 16.1 Å². The molecule has 0 aliphatic heterocycles. The van der Waals surface area contributed by atoms with Crippen molar-refractivity contribution < 1.29 is 19.0 Å². The highest BCUT2D eigenvalue weighted by molar-refractivity contribution is 7.20. The quantitative estimate of drug-likeness (QED) is 0.213. The molecule has 7 nitrogen and oxygen atoms in total. The smallest absolute Gasteiger partial charge is 0.411 e. The summed E-state index contributed by atoms with van der Waals surface area (Å²) >= 11 is 1.43. The molecule has 4 N–H and O–H groups in total. The lowest BCUT2D eigenvalue weighted by molar-refractivity contribution is 0.0910. The fourth-order valence-corrected chi connectivity index (χ4v) is 4.44. The number of methoxy groups -OCH3 is 1. The van der Waals surface area contributed by atoms with Crippen molar-refractivity contribution in [2.24, 2.45) is 5.73 Å². The molecule has 1 atom stereocenters. The van der Waals surface area contributed by atoms with Crippen LogP contribution in [0.3, 0.4) is 0 Å². The maximum absolute atomic E-state index is 12.5. The van der Waals surface area contributed by atoms with Gasteiger partial charge in [-0.3, -0.25) is 10.7 Å². The van der Waals surface area contributed by atoms with Crippen LogP contribution in [0.1, 0.15) is 22.1 Å². The topological polar surface area (TPSA) is 107 Å². The van der Waals surface area contributed by atoms with Crippen LogP contribution in [0.2, 0.25) is 0 Å². The molecule has 1 aromatic heterocycles. The van der Waals surface area contributed by atoms with Gasteiger partial charge in [0.1, 0.15) is 18.2 Å². The lowest BCUT2D eigenvalue weighted by Crippen LogP contribution is -2.21. The average Bonchev–Trinajstić information content (AvgIpc) is 3.28. The second-order valence-electron chi connectivity index (χ2n) is 7.57. The number of hydrogen-bond donors (Lipinski definition) is 3. The fourth-order valence-electron chi connectivity index (χ4n) is 3.50. The molecule has 34 heavy (non-hydrogen) atoms. The van der Waals surface area contributed by atoms with E-state index in [0.717, 1.165) is 21.2 Å². The zero-order valence-corrected chi connectivity index (χ0v) is 19.4. The molecule has 8 heteroatoms. The lowest BCUT2D eigenvalue weighted by Gasteiger charge is -2.20. The van der Waals surface area contributed by atoms with Crippen LogP contribution < -0.4 is 15.8 Å². The first-order valence-electron chi connectivity index (χ1n) is 10.6. The minimum absolute atomic E-state index is 0.00764. The molecular formula is C26H25N3O4S. The van der Waals surface area contributed by atoms with E-state index >= 15 is 0 Å². The van der Waals surface area contributed by atoms with Crippen LogP contribution in [0, 0.1) is 5.41 Å². The summed E-state index contributed by atoms with van der Waals surface area (Å²) in [6.07, 6.45) is -1.11. The number of nitrogen functional groups attached to an aromatic ring is 1. The van der Waals surface area contributed by atoms with Gasteiger partial charge < -0.3 is 19.9 Å². The highest BCUT2D eigenvalue weighted by atomic mass is 32.1. The van der Waals surface area contributed by atoms with Crippen LogP contribution in [0.25, 0.3) is 10.1 Å². The van der Waals surface area contributed by atoms with Crippen LogP contribution in [0.4, 0.5) is 10.5 Å². The maximum Gasteiger partial charge on any atom is 0.411 e. The van der Waals surface area contributed by atoms with Gasteiger partial charge in [0.2, 0.25) is 0 Å². The Labute approximate surface area is 201 Å². The van der Waals surface area contributed by atoms with Crippen molar-refractivity contribution in [3.8, 4) is 5.75 Å². The molecular weight excluding hydrogens is 450 g/mol. The van der Waals surface area contributed by atoms with E-state index in [-0.39, 0.29) is 12.4 Å². The average molecular weight is 476 g/mol. The molecule has 0 radical (unpaired) electrons. The first kappa shape index (κ1) is 23.3. The third kappa shape index (κ3) is 5.72. The minimum atomic E-state index is -0.577. The van der Waals surface area contributed by atoms with Gasteiger partial charge in [-0.05, 0) is 41.5 Å². The highest BCUT2D eigenvalue weighted by Crippen LogP contribution is 2.35. The molecule has 0 aliphatic rings. The zero-order chi connectivity index (χ0) is 23.9. The number of hydrogen-bond acceptors (Lipinski definition) is 6. The number of thiophene rings is 1. The van der Waals surface area contributed by atoms with E-state index in [1.54, 1.807) is 13.2 Å². The Morgan fingerprint density at radius 1 is 1.06 bits per heavy atom. The van der Waals surface area contributed by atoms with Crippen molar-refractivity contribution in [2.75, 3.05) is 19.0 Å².